The predicted molar refractivity (Wildman–Crippen MR) is 138 cm³/mol. The zero-order chi connectivity index (χ0) is 26.6. The van der Waals surface area contributed by atoms with Gasteiger partial charge in [-0.05, 0) is 68.5 Å². The Bertz CT molecular complexity index is 1360. The molecule has 1 aliphatic carbocycles. The van der Waals surface area contributed by atoms with Gasteiger partial charge in [0.1, 0.15) is 17.5 Å². The zero-order valence-corrected chi connectivity index (χ0v) is 22.0. The van der Waals surface area contributed by atoms with Crippen LogP contribution in [-0.4, -0.2) is 71.5 Å². The molecule has 0 radical (unpaired) electrons. The zero-order valence-electron chi connectivity index (χ0n) is 21.2. The van der Waals surface area contributed by atoms with E-state index in [-0.39, 0.29) is 41.1 Å². The first kappa shape index (κ1) is 25.1. The first-order chi connectivity index (χ1) is 18.3. The van der Waals surface area contributed by atoms with Gasteiger partial charge in [0.25, 0.3) is 0 Å². The minimum absolute atomic E-state index is 0.0744. The van der Waals surface area contributed by atoms with Crippen molar-refractivity contribution < 1.29 is 27.5 Å². The average Bonchev–Trinajstić information content (AvgIpc) is 3.39. The number of nitrogens with zero attached hydrogens (tertiary/aromatic N) is 3. The Balaban J connectivity index is 1.19. The van der Waals surface area contributed by atoms with Crippen LogP contribution in [0.2, 0.25) is 0 Å². The highest BCUT2D eigenvalue weighted by atomic mass is 32.2. The summed E-state index contributed by atoms with van der Waals surface area (Å²) >= 11 is 0. The Hall–Kier alpha value is -3.24. The highest BCUT2D eigenvalue weighted by molar-refractivity contribution is 7.89. The molecule has 3 saturated heterocycles. The van der Waals surface area contributed by atoms with Gasteiger partial charge in [0.05, 0.1) is 22.9 Å². The number of sulfonamides is 1. The molecular weight excluding hydrogens is 506 g/mol. The summed E-state index contributed by atoms with van der Waals surface area (Å²) in [5.74, 6) is -0.0152. The van der Waals surface area contributed by atoms with Gasteiger partial charge in [0, 0.05) is 19.0 Å². The molecule has 3 amide bonds. The van der Waals surface area contributed by atoms with Crippen LogP contribution in [0, 0.1) is 11.8 Å². The van der Waals surface area contributed by atoms with Crippen LogP contribution in [0.3, 0.4) is 0 Å². The number of amides is 3. The Labute approximate surface area is 222 Å². The topological polar surface area (TPSA) is 104 Å². The molecule has 38 heavy (non-hydrogen) atoms. The summed E-state index contributed by atoms with van der Waals surface area (Å²) in [4.78, 5) is 42.8. The smallest absolute Gasteiger partial charge is 0.243 e. The SMILES string of the molecule is C[C@@H]1C(=O)N(C(=O)C2CC2)[C@H]2CCN(C(=O)[C@@H]3CCCN3S(=O)(=O)c3ccc(Oc4ccccc4)cc3)[C@H]12. The highest BCUT2D eigenvalue weighted by Crippen LogP contribution is 2.42. The lowest BCUT2D eigenvalue weighted by atomic mass is 10.0. The third-order valence-electron chi connectivity index (χ3n) is 8.24. The second-order valence-corrected chi connectivity index (χ2v) is 12.5. The molecule has 0 N–H and O–H groups in total. The van der Waals surface area contributed by atoms with Crippen LogP contribution >= 0.6 is 0 Å². The van der Waals surface area contributed by atoms with E-state index in [0.29, 0.717) is 37.3 Å². The number of benzene rings is 2. The van der Waals surface area contributed by atoms with Crippen molar-refractivity contribution in [1.82, 2.24) is 14.1 Å². The van der Waals surface area contributed by atoms with E-state index in [2.05, 4.69) is 0 Å². The molecule has 4 fully saturated rings. The molecule has 10 heteroatoms. The molecule has 3 aliphatic heterocycles. The van der Waals surface area contributed by atoms with Crippen LogP contribution in [0.1, 0.15) is 39.0 Å². The van der Waals surface area contributed by atoms with Crippen molar-refractivity contribution in [3.63, 3.8) is 0 Å². The molecule has 3 heterocycles. The van der Waals surface area contributed by atoms with Crippen LogP contribution in [-0.2, 0) is 24.4 Å². The van der Waals surface area contributed by atoms with E-state index in [1.165, 1.54) is 21.3 Å². The van der Waals surface area contributed by atoms with Crippen LogP contribution in [0.5, 0.6) is 11.5 Å². The van der Waals surface area contributed by atoms with E-state index in [4.69, 9.17) is 4.74 Å². The molecule has 0 unspecified atom stereocenters. The second-order valence-electron chi connectivity index (χ2n) is 10.6. The van der Waals surface area contributed by atoms with E-state index in [1.807, 2.05) is 30.3 Å². The summed E-state index contributed by atoms with van der Waals surface area (Å²) in [6.07, 6.45) is 3.16. The molecular formula is C28H31N3O6S. The number of hydrogen-bond donors (Lipinski definition) is 0. The van der Waals surface area contributed by atoms with Crippen LogP contribution in [0.25, 0.3) is 0 Å². The number of likely N-dealkylation sites (tertiary alicyclic amines) is 2. The number of imide groups is 1. The maximum Gasteiger partial charge on any atom is 0.243 e. The lowest BCUT2D eigenvalue weighted by Gasteiger charge is -2.31. The van der Waals surface area contributed by atoms with Crippen LogP contribution in [0.4, 0.5) is 0 Å². The molecule has 0 bridgehead atoms. The average molecular weight is 538 g/mol. The van der Waals surface area contributed by atoms with Crippen molar-refractivity contribution in [2.75, 3.05) is 13.1 Å². The fraction of sp³-hybridized carbons (Fsp3) is 0.464. The monoisotopic (exact) mass is 537 g/mol. The predicted octanol–water partition coefficient (Wildman–Crippen LogP) is 3.02. The van der Waals surface area contributed by atoms with Gasteiger partial charge < -0.3 is 9.64 Å². The van der Waals surface area contributed by atoms with E-state index >= 15 is 0 Å². The number of ether oxygens (including phenoxy) is 1. The van der Waals surface area contributed by atoms with Crippen molar-refractivity contribution in [1.29, 1.82) is 0 Å². The van der Waals surface area contributed by atoms with Gasteiger partial charge in [-0.3, -0.25) is 19.3 Å². The third kappa shape index (κ3) is 4.19. The lowest BCUT2D eigenvalue weighted by Crippen LogP contribution is -2.51. The Morgan fingerprint density at radius 2 is 1.55 bits per heavy atom. The lowest BCUT2D eigenvalue weighted by molar-refractivity contribution is -0.146. The Morgan fingerprint density at radius 3 is 2.24 bits per heavy atom. The van der Waals surface area contributed by atoms with Crippen LogP contribution in [0.15, 0.2) is 59.5 Å². The molecule has 9 nitrogen and oxygen atoms in total. The molecule has 200 valence electrons. The third-order valence-corrected chi connectivity index (χ3v) is 10.2. The number of carbonyl (C=O) groups excluding carboxylic acids is 3. The standard InChI is InChI=1S/C28H31N3O6S/c1-18-25-23(31(26(18)32)27(33)19-9-10-19)15-17-29(25)28(34)24-8-5-16-30(24)38(35,36)22-13-11-21(12-14-22)37-20-6-3-2-4-7-20/h2-4,6-7,11-14,18-19,23-25H,5,8-10,15-17H2,1H3/t18-,23-,24-,25+/m0/s1. The van der Waals surface area contributed by atoms with Gasteiger partial charge in [-0.1, -0.05) is 25.1 Å². The fourth-order valence-corrected chi connectivity index (χ4v) is 7.83. The minimum atomic E-state index is -3.93. The van der Waals surface area contributed by atoms with Crippen molar-refractivity contribution >= 4 is 27.7 Å². The van der Waals surface area contributed by atoms with Crippen molar-refractivity contribution in [2.24, 2.45) is 11.8 Å². The first-order valence-corrected chi connectivity index (χ1v) is 14.7. The number of carbonyl (C=O) groups is 3. The summed E-state index contributed by atoms with van der Waals surface area (Å²) in [6.45, 7) is 2.44. The van der Waals surface area contributed by atoms with E-state index in [0.717, 1.165) is 12.8 Å². The normalized spacial score (nSPS) is 27.6. The van der Waals surface area contributed by atoms with Gasteiger partial charge in [-0.25, -0.2) is 8.42 Å². The van der Waals surface area contributed by atoms with Crippen molar-refractivity contribution in [3.05, 3.63) is 54.6 Å². The maximum atomic E-state index is 13.8. The molecule has 1 saturated carbocycles. The van der Waals surface area contributed by atoms with Gasteiger partial charge in [-0.2, -0.15) is 4.31 Å². The Kier molecular flexibility index (Phi) is 6.26. The molecule has 2 aromatic rings. The molecule has 0 spiro atoms. The summed E-state index contributed by atoms with van der Waals surface area (Å²) in [6, 6.07) is 13.9. The van der Waals surface area contributed by atoms with Gasteiger partial charge in [-0.15, -0.1) is 0 Å². The summed E-state index contributed by atoms with van der Waals surface area (Å²) in [7, 11) is -3.93. The van der Waals surface area contributed by atoms with E-state index in [9.17, 15) is 22.8 Å². The second kappa shape index (κ2) is 9.50. The van der Waals surface area contributed by atoms with E-state index < -0.39 is 28.0 Å². The maximum absolute atomic E-state index is 13.8. The summed E-state index contributed by atoms with van der Waals surface area (Å²) < 4.78 is 34.3. The fourth-order valence-electron chi connectivity index (χ4n) is 6.17. The largest absolute Gasteiger partial charge is 0.457 e. The van der Waals surface area contributed by atoms with Gasteiger partial charge in [0.2, 0.25) is 27.7 Å². The molecule has 4 atom stereocenters. The van der Waals surface area contributed by atoms with Crippen molar-refractivity contribution in [2.45, 2.75) is 62.0 Å². The number of fused-ring (bicyclic) bond motifs is 1. The molecule has 4 aliphatic rings. The molecule has 2 aromatic carbocycles. The van der Waals surface area contributed by atoms with Gasteiger partial charge in [0.15, 0.2) is 0 Å². The minimum Gasteiger partial charge on any atom is -0.457 e. The quantitative estimate of drug-likeness (QED) is 0.525. The van der Waals surface area contributed by atoms with Crippen molar-refractivity contribution in [3.8, 4) is 11.5 Å². The molecule has 0 aromatic heterocycles. The first-order valence-electron chi connectivity index (χ1n) is 13.3. The Morgan fingerprint density at radius 1 is 0.868 bits per heavy atom. The van der Waals surface area contributed by atoms with Crippen LogP contribution < -0.4 is 4.74 Å². The summed E-state index contributed by atoms with van der Waals surface area (Å²) in [5.41, 5.74) is 0. The number of rotatable bonds is 6. The number of hydrogen-bond acceptors (Lipinski definition) is 6. The summed E-state index contributed by atoms with van der Waals surface area (Å²) in [5, 5.41) is 0. The number of para-hydroxylation sites is 1. The van der Waals surface area contributed by atoms with Gasteiger partial charge >= 0.3 is 0 Å². The van der Waals surface area contributed by atoms with E-state index in [1.54, 1.807) is 24.0 Å². The molecule has 6 rings (SSSR count). The highest BCUT2D eigenvalue weighted by Gasteiger charge is 2.57.